The summed E-state index contributed by atoms with van der Waals surface area (Å²) in [6.07, 6.45) is 5.56. The van der Waals surface area contributed by atoms with Crippen molar-refractivity contribution in [3.05, 3.63) is 0 Å². The van der Waals surface area contributed by atoms with Gasteiger partial charge in [-0.1, -0.05) is 22.9 Å². The highest BCUT2D eigenvalue weighted by Gasteiger charge is 2.23. The monoisotopic (exact) mass is 261 g/mol. The van der Waals surface area contributed by atoms with Crippen molar-refractivity contribution in [2.45, 2.75) is 39.0 Å². The van der Waals surface area contributed by atoms with Gasteiger partial charge in [0.1, 0.15) is 0 Å². The van der Waals surface area contributed by atoms with Crippen molar-refractivity contribution in [1.29, 1.82) is 0 Å². The average molecular weight is 262 g/mol. The van der Waals surface area contributed by atoms with Crippen LogP contribution in [0.3, 0.4) is 0 Å². The maximum absolute atomic E-state index is 11.3. The summed E-state index contributed by atoms with van der Waals surface area (Å²) in [5.41, 5.74) is 0. The summed E-state index contributed by atoms with van der Waals surface area (Å²) in [6, 6.07) is 0. The van der Waals surface area contributed by atoms with Gasteiger partial charge in [0.25, 0.3) is 0 Å². The Morgan fingerprint density at radius 2 is 2.29 bits per heavy atom. The molecule has 0 bridgehead atoms. The molecule has 0 aromatic carbocycles. The van der Waals surface area contributed by atoms with Gasteiger partial charge < -0.3 is 5.32 Å². The van der Waals surface area contributed by atoms with Gasteiger partial charge in [0.2, 0.25) is 5.91 Å². The minimum absolute atomic E-state index is 0.249. The molecule has 0 heterocycles. The third-order valence-corrected chi connectivity index (χ3v) is 3.74. The van der Waals surface area contributed by atoms with Crippen molar-refractivity contribution in [2.24, 2.45) is 11.8 Å². The quantitative estimate of drug-likeness (QED) is 0.554. The molecule has 1 atom stereocenters. The van der Waals surface area contributed by atoms with Gasteiger partial charge >= 0.3 is 0 Å². The molecule has 1 saturated carbocycles. The molecule has 0 radical (unpaired) electrons. The van der Waals surface area contributed by atoms with Gasteiger partial charge in [-0.25, -0.2) is 0 Å². The lowest BCUT2D eigenvalue weighted by Gasteiger charge is -2.07. The van der Waals surface area contributed by atoms with E-state index in [4.69, 9.17) is 0 Å². The number of carbonyl (C=O) groups is 1. The van der Waals surface area contributed by atoms with Crippen LogP contribution in [-0.2, 0) is 4.79 Å². The van der Waals surface area contributed by atoms with Crippen LogP contribution in [0.25, 0.3) is 0 Å². The lowest BCUT2D eigenvalue weighted by atomic mass is 10.1. The van der Waals surface area contributed by atoms with Crippen molar-refractivity contribution in [3.63, 3.8) is 0 Å². The van der Waals surface area contributed by atoms with E-state index in [0.29, 0.717) is 5.92 Å². The van der Waals surface area contributed by atoms with Gasteiger partial charge in [0, 0.05) is 18.3 Å². The molecule has 2 nitrogen and oxygen atoms in total. The topological polar surface area (TPSA) is 29.1 Å². The second-order valence-electron chi connectivity index (χ2n) is 4.40. The molecule has 0 spiro atoms. The Labute approximate surface area is 95.0 Å². The lowest BCUT2D eigenvalue weighted by molar-refractivity contribution is -0.121. The molecule has 1 rings (SSSR count). The predicted molar refractivity (Wildman–Crippen MR) is 62.5 cm³/mol. The van der Waals surface area contributed by atoms with Crippen molar-refractivity contribution in [3.8, 4) is 0 Å². The molecule has 82 valence electrons. The Morgan fingerprint density at radius 3 is 2.86 bits per heavy atom. The van der Waals surface area contributed by atoms with E-state index in [1.54, 1.807) is 0 Å². The first-order chi connectivity index (χ1) is 6.72. The van der Waals surface area contributed by atoms with E-state index in [-0.39, 0.29) is 5.91 Å². The zero-order chi connectivity index (χ0) is 10.4. The zero-order valence-electron chi connectivity index (χ0n) is 8.89. The highest BCUT2D eigenvalue weighted by molar-refractivity contribution is 9.09. The van der Waals surface area contributed by atoms with Gasteiger partial charge in [0.05, 0.1) is 0 Å². The summed E-state index contributed by atoms with van der Waals surface area (Å²) in [7, 11) is 0. The van der Waals surface area contributed by atoms with Gasteiger partial charge in [0.15, 0.2) is 0 Å². The number of carbonyl (C=O) groups excluding carboxylic acids is 1. The first-order valence-corrected chi connectivity index (χ1v) is 6.67. The van der Waals surface area contributed by atoms with E-state index < -0.39 is 0 Å². The summed E-state index contributed by atoms with van der Waals surface area (Å²) < 4.78 is 0. The largest absolute Gasteiger partial charge is 0.356 e. The first kappa shape index (κ1) is 12.0. The van der Waals surface area contributed by atoms with E-state index >= 15 is 0 Å². The fraction of sp³-hybridized carbons (Fsp3) is 0.909. The standard InChI is InChI=1S/C11H20BrNO/c1-9(8-12)3-2-6-13-11(14)7-10-4-5-10/h9-10H,2-8H2,1H3,(H,13,14). The summed E-state index contributed by atoms with van der Waals surface area (Å²) in [6.45, 7) is 3.07. The molecule has 14 heavy (non-hydrogen) atoms. The summed E-state index contributed by atoms with van der Waals surface area (Å²) in [4.78, 5) is 11.3. The van der Waals surface area contributed by atoms with Crippen LogP contribution in [0.15, 0.2) is 0 Å². The van der Waals surface area contributed by atoms with Crippen molar-refractivity contribution in [1.82, 2.24) is 5.32 Å². The predicted octanol–water partition coefficient (Wildman–Crippen LogP) is 2.71. The highest BCUT2D eigenvalue weighted by atomic mass is 79.9. The van der Waals surface area contributed by atoms with Crippen LogP contribution in [0.4, 0.5) is 0 Å². The van der Waals surface area contributed by atoms with Crippen LogP contribution in [0.1, 0.15) is 39.0 Å². The number of rotatable bonds is 7. The van der Waals surface area contributed by atoms with E-state index in [9.17, 15) is 4.79 Å². The Hall–Kier alpha value is -0.0500. The second kappa shape index (κ2) is 6.44. The number of nitrogens with one attached hydrogen (secondary N) is 1. The average Bonchev–Trinajstić information content (AvgIpc) is 2.95. The normalized spacial score (nSPS) is 17.9. The molecule has 1 aliphatic carbocycles. The molecule has 0 aliphatic heterocycles. The number of amides is 1. The molecule has 1 amide bonds. The van der Waals surface area contributed by atoms with Crippen LogP contribution < -0.4 is 5.32 Å². The van der Waals surface area contributed by atoms with E-state index in [1.807, 2.05) is 0 Å². The number of alkyl halides is 1. The molecule has 1 fully saturated rings. The molecule has 1 unspecified atom stereocenters. The lowest BCUT2D eigenvalue weighted by Crippen LogP contribution is -2.24. The minimum atomic E-state index is 0.249. The third kappa shape index (κ3) is 5.63. The fourth-order valence-electron chi connectivity index (χ4n) is 1.41. The Morgan fingerprint density at radius 1 is 1.57 bits per heavy atom. The molecule has 0 aromatic rings. The van der Waals surface area contributed by atoms with Gasteiger partial charge in [-0.2, -0.15) is 0 Å². The van der Waals surface area contributed by atoms with Crippen LogP contribution in [0.5, 0.6) is 0 Å². The van der Waals surface area contributed by atoms with Crippen LogP contribution in [-0.4, -0.2) is 17.8 Å². The minimum Gasteiger partial charge on any atom is -0.356 e. The number of hydrogen-bond donors (Lipinski definition) is 1. The molecule has 3 heteroatoms. The van der Waals surface area contributed by atoms with Gasteiger partial charge in [-0.05, 0) is 37.5 Å². The Kier molecular flexibility index (Phi) is 5.53. The maximum Gasteiger partial charge on any atom is 0.220 e. The third-order valence-electron chi connectivity index (χ3n) is 2.63. The molecule has 0 saturated heterocycles. The highest BCUT2D eigenvalue weighted by Crippen LogP contribution is 2.31. The van der Waals surface area contributed by atoms with E-state index in [0.717, 1.165) is 30.6 Å². The number of hydrogen-bond acceptors (Lipinski definition) is 1. The second-order valence-corrected chi connectivity index (χ2v) is 5.05. The maximum atomic E-state index is 11.3. The van der Waals surface area contributed by atoms with Crippen LogP contribution >= 0.6 is 15.9 Å². The van der Waals surface area contributed by atoms with E-state index in [1.165, 1.54) is 19.3 Å². The van der Waals surface area contributed by atoms with Crippen molar-refractivity contribution < 1.29 is 4.79 Å². The van der Waals surface area contributed by atoms with Gasteiger partial charge in [-0.15, -0.1) is 0 Å². The smallest absolute Gasteiger partial charge is 0.220 e. The Balaban J connectivity index is 1.89. The van der Waals surface area contributed by atoms with Crippen molar-refractivity contribution in [2.75, 3.05) is 11.9 Å². The molecule has 0 aromatic heterocycles. The zero-order valence-corrected chi connectivity index (χ0v) is 10.5. The fourth-order valence-corrected chi connectivity index (χ4v) is 1.74. The molecular formula is C11H20BrNO. The summed E-state index contributed by atoms with van der Waals surface area (Å²) in [5.74, 6) is 1.67. The van der Waals surface area contributed by atoms with E-state index in [2.05, 4.69) is 28.2 Å². The first-order valence-electron chi connectivity index (χ1n) is 5.55. The van der Waals surface area contributed by atoms with Crippen molar-refractivity contribution >= 4 is 21.8 Å². The van der Waals surface area contributed by atoms with Crippen LogP contribution in [0.2, 0.25) is 0 Å². The SMILES string of the molecule is CC(CBr)CCCNC(=O)CC1CC1. The molecule has 1 aliphatic rings. The molecule has 1 N–H and O–H groups in total. The Bertz CT molecular complexity index is 180. The summed E-state index contributed by atoms with van der Waals surface area (Å²) in [5, 5.41) is 4.04. The summed E-state index contributed by atoms with van der Waals surface area (Å²) >= 11 is 3.45. The van der Waals surface area contributed by atoms with Crippen LogP contribution in [0, 0.1) is 11.8 Å². The molecular weight excluding hydrogens is 242 g/mol. The van der Waals surface area contributed by atoms with Gasteiger partial charge in [-0.3, -0.25) is 4.79 Å². The number of halogens is 1.